The number of carbonyl (C=O) groups is 1. The van der Waals surface area contributed by atoms with Crippen LogP contribution in [0.25, 0.3) is 0 Å². The molecule has 0 spiro atoms. The summed E-state index contributed by atoms with van der Waals surface area (Å²) in [6.45, 7) is 7.69. The van der Waals surface area contributed by atoms with Crippen LogP contribution < -0.4 is 5.32 Å². The smallest absolute Gasteiger partial charge is 0.245 e. The number of ether oxygens (including phenoxy) is 1. The average Bonchev–Trinajstić information content (AvgIpc) is 2.75. The van der Waals surface area contributed by atoms with Crippen molar-refractivity contribution in [3.63, 3.8) is 0 Å². The molecule has 2 rings (SSSR count). The van der Waals surface area contributed by atoms with Crippen molar-refractivity contribution in [1.29, 1.82) is 0 Å². The van der Waals surface area contributed by atoms with E-state index < -0.39 is 0 Å². The Kier molecular flexibility index (Phi) is 5.76. The van der Waals surface area contributed by atoms with E-state index in [2.05, 4.69) is 5.32 Å². The van der Waals surface area contributed by atoms with E-state index in [-0.39, 0.29) is 24.2 Å². The average molecular weight is 290 g/mol. The van der Waals surface area contributed by atoms with Crippen LogP contribution in [0.3, 0.4) is 0 Å². The molecule has 0 saturated carbocycles. The van der Waals surface area contributed by atoms with Gasteiger partial charge in [0.15, 0.2) is 0 Å². The molecule has 1 N–H and O–H groups in total. The monoisotopic (exact) mass is 290 g/mol. The van der Waals surface area contributed by atoms with E-state index >= 15 is 0 Å². The van der Waals surface area contributed by atoms with Gasteiger partial charge in [-0.25, -0.2) is 0 Å². The van der Waals surface area contributed by atoms with Gasteiger partial charge in [-0.3, -0.25) is 10.1 Å². The molecule has 116 valence electrons. The molecule has 4 heteroatoms. The van der Waals surface area contributed by atoms with Gasteiger partial charge < -0.3 is 9.64 Å². The third-order valence-corrected chi connectivity index (χ3v) is 3.78. The SMILES string of the molecule is CC(C)OCCCCN1C(=O)C(c2ccccc2)NC1C. The zero-order valence-corrected chi connectivity index (χ0v) is 13.2. The molecule has 1 heterocycles. The molecular formula is C17H26N2O2. The van der Waals surface area contributed by atoms with Gasteiger partial charge in [0.2, 0.25) is 5.91 Å². The van der Waals surface area contributed by atoms with Crippen LogP contribution in [-0.2, 0) is 9.53 Å². The summed E-state index contributed by atoms with van der Waals surface area (Å²) in [5.41, 5.74) is 1.04. The van der Waals surface area contributed by atoms with Gasteiger partial charge >= 0.3 is 0 Å². The van der Waals surface area contributed by atoms with E-state index in [0.717, 1.165) is 31.6 Å². The third-order valence-electron chi connectivity index (χ3n) is 3.78. The zero-order chi connectivity index (χ0) is 15.2. The van der Waals surface area contributed by atoms with Crippen LogP contribution in [0.4, 0.5) is 0 Å². The van der Waals surface area contributed by atoms with E-state index in [4.69, 9.17) is 4.74 Å². The summed E-state index contributed by atoms with van der Waals surface area (Å²) >= 11 is 0. The van der Waals surface area contributed by atoms with Gasteiger partial charge in [-0.1, -0.05) is 30.3 Å². The molecule has 1 aromatic rings. The highest BCUT2D eigenvalue weighted by Gasteiger charge is 2.36. The molecule has 2 unspecified atom stereocenters. The first-order valence-corrected chi connectivity index (χ1v) is 7.82. The van der Waals surface area contributed by atoms with Crippen molar-refractivity contribution in [2.24, 2.45) is 0 Å². The van der Waals surface area contributed by atoms with E-state index in [1.165, 1.54) is 0 Å². The second-order valence-electron chi connectivity index (χ2n) is 5.84. The Morgan fingerprint density at radius 1 is 1.24 bits per heavy atom. The molecule has 0 bridgehead atoms. The number of rotatable bonds is 7. The molecule has 0 aromatic heterocycles. The predicted molar refractivity (Wildman–Crippen MR) is 83.8 cm³/mol. The maximum absolute atomic E-state index is 12.5. The molecule has 1 fully saturated rings. The van der Waals surface area contributed by atoms with E-state index in [0.29, 0.717) is 0 Å². The Bertz CT molecular complexity index is 447. The first kappa shape index (κ1) is 16.0. The highest BCUT2D eigenvalue weighted by molar-refractivity contribution is 5.85. The van der Waals surface area contributed by atoms with Gasteiger partial charge in [0.1, 0.15) is 6.04 Å². The summed E-state index contributed by atoms with van der Waals surface area (Å²) < 4.78 is 5.53. The minimum Gasteiger partial charge on any atom is -0.379 e. The topological polar surface area (TPSA) is 41.6 Å². The van der Waals surface area contributed by atoms with Crippen LogP contribution in [0.2, 0.25) is 0 Å². The number of unbranched alkanes of at least 4 members (excludes halogenated alkanes) is 1. The number of benzene rings is 1. The minimum absolute atomic E-state index is 0.0914. The van der Waals surface area contributed by atoms with Gasteiger partial charge in [-0.2, -0.15) is 0 Å². The van der Waals surface area contributed by atoms with Crippen molar-refractivity contribution in [3.8, 4) is 0 Å². The molecule has 4 nitrogen and oxygen atoms in total. The molecule has 1 aromatic carbocycles. The first-order valence-electron chi connectivity index (χ1n) is 7.82. The summed E-state index contributed by atoms with van der Waals surface area (Å²) in [7, 11) is 0. The summed E-state index contributed by atoms with van der Waals surface area (Å²) in [5, 5.41) is 3.37. The second kappa shape index (κ2) is 7.57. The number of nitrogens with zero attached hydrogens (tertiary/aromatic N) is 1. The minimum atomic E-state index is -0.201. The summed E-state index contributed by atoms with van der Waals surface area (Å²) in [4.78, 5) is 14.5. The fourth-order valence-corrected chi connectivity index (χ4v) is 2.65. The Hall–Kier alpha value is -1.39. The summed E-state index contributed by atoms with van der Waals surface area (Å²) in [5.74, 6) is 0.179. The fraction of sp³-hybridized carbons (Fsp3) is 0.588. The molecule has 1 saturated heterocycles. The standard InChI is InChI=1S/C17H26N2O2/c1-13(2)21-12-8-7-11-19-14(3)18-16(17(19)20)15-9-5-4-6-10-15/h4-6,9-10,13-14,16,18H,7-8,11-12H2,1-3H3. The number of hydrogen-bond donors (Lipinski definition) is 1. The molecule has 0 radical (unpaired) electrons. The lowest BCUT2D eigenvalue weighted by Crippen LogP contribution is -2.35. The van der Waals surface area contributed by atoms with E-state index in [1.54, 1.807) is 0 Å². The Morgan fingerprint density at radius 2 is 1.95 bits per heavy atom. The molecular weight excluding hydrogens is 264 g/mol. The molecule has 21 heavy (non-hydrogen) atoms. The van der Waals surface area contributed by atoms with Crippen molar-refractivity contribution < 1.29 is 9.53 Å². The van der Waals surface area contributed by atoms with Crippen molar-refractivity contribution >= 4 is 5.91 Å². The van der Waals surface area contributed by atoms with Crippen molar-refractivity contribution in [2.75, 3.05) is 13.2 Å². The largest absolute Gasteiger partial charge is 0.379 e. The lowest BCUT2D eigenvalue weighted by molar-refractivity contribution is -0.130. The Morgan fingerprint density at radius 3 is 2.62 bits per heavy atom. The van der Waals surface area contributed by atoms with Crippen molar-refractivity contribution in [2.45, 2.75) is 51.9 Å². The van der Waals surface area contributed by atoms with Crippen molar-refractivity contribution in [3.05, 3.63) is 35.9 Å². The molecule has 1 amide bonds. The van der Waals surface area contributed by atoms with Gasteiger partial charge in [0.25, 0.3) is 0 Å². The van der Waals surface area contributed by atoms with Crippen molar-refractivity contribution in [1.82, 2.24) is 10.2 Å². The summed E-state index contributed by atoms with van der Waals surface area (Å²) in [6.07, 6.45) is 2.34. The predicted octanol–water partition coefficient (Wildman–Crippen LogP) is 2.71. The van der Waals surface area contributed by atoms with Crippen LogP contribution in [0.1, 0.15) is 45.2 Å². The Labute approximate surface area is 127 Å². The molecule has 1 aliphatic rings. The molecule has 0 aliphatic carbocycles. The van der Waals surface area contributed by atoms with Crippen LogP contribution >= 0.6 is 0 Å². The van der Waals surface area contributed by atoms with E-state index in [1.807, 2.05) is 56.0 Å². The maximum Gasteiger partial charge on any atom is 0.245 e. The third kappa shape index (κ3) is 4.29. The Balaban J connectivity index is 1.83. The van der Waals surface area contributed by atoms with Crippen LogP contribution in [-0.4, -0.2) is 36.2 Å². The highest BCUT2D eigenvalue weighted by atomic mass is 16.5. The lowest BCUT2D eigenvalue weighted by Gasteiger charge is -2.20. The summed E-state index contributed by atoms with van der Waals surface area (Å²) in [6, 6.07) is 9.72. The van der Waals surface area contributed by atoms with Gasteiger partial charge in [0.05, 0.1) is 12.3 Å². The van der Waals surface area contributed by atoms with Gasteiger partial charge in [0, 0.05) is 13.2 Å². The van der Waals surface area contributed by atoms with Crippen LogP contribution in [0.15, 0.2) is 30.3 Å². The highest BCUT2D eigenvalue weighted by Crippen LogP contribution is 2.24. The fourth-order valence-electron chi connectivity index (χ4n) is 2.65. The first-order chi connectivity index (χ1) is 10.1. The quantitative estimate of drug-likeness (QED) is 0.785. The maximum atomic E-state index is 12.5. The normalized spacial score (nSPS) is 22.3. The number of hydrogen-bond acceptors (Lipinski definition) is 3. The van der Waals surface area contributed by atoms with Gasteiger partial charge in [-0.15, -0.1) is 0 Å². The zero-order valence-electron chi connectivity index (χ0n) is 13.2. The number of nitrogens with one attached hydrogen (secondary N) is 1. The van der Waals surface area contributed by atoms with E-state index in [9.17, 15) is 4.79 Å². The number of amides is 1. The van der Waals surface area contributed by atoms with Crippen LogP contribution in [0.5, 0.6) is 0 Å². The second-order valence-corrected chi connectivity index (χ2v) is 5.84. The molecule has 2 atom stereocenters. The molecule has 1 aliphatic heterocycles. The van der Waals surface area contributed by atoms with Gasteiger partial charge in [-0.05, 0) is 39.2 Å². The lowest BCUT2D eigenvalue weighted by atomic mass is 10.1. The van der Waals surface area contributed by atoms with Crippen LogP contribution in [0, 0.1) is 0 Å². The number of carbonyl (C=O) groups excluding carboxylic acids is 1.